The maximum Gasteiger partial charge on any atom is 0.352 e. The second kappa shape index (κ2) is 5.76. The number of fused-ring (bicyclic) bond motifs is 1. The molecule has 3 heterocycles. The third-order valence-corrected chi connectivity index (χ3v) is 3.81. The van der Waals surface area contributed by atoms with E-state index in [0.29, 0.717) is 24.4 Å². The fourth-order valence-electron chi connectivity index (χ4n) is 2.75. The second-order valence-corrected chi connectivity index (χ2v) is 5.55. The molecule has 0 saturated carbocycles. The molecule has 2 aromatic rings. The van der Waals surface area contributed by atoms with Crippen LogP contribution in [0, 0.1) is 0 Å². The predicted molar refractivity (Wildman–Crippen MR) is 79.9 cm³/mol. The first-order valence-corrected chi connectivity index (χ1v) is 7.26. The van der Waals surface area contributed by atoms with Gasteiger partial charge < -0.3 is 15.3 Å². The molecule has 22 heavy (non-hydrogen) atoms. The Hall–Kier alpha value is -2.41. The van der Waals surface area contributed by atoms with Crippen molar-refractivity contribution in [3.05, 3.63) is 35.8 Å². The molecular weight excluding hydrogens is 284 g/mol. The highest BCUT2D eigenvalue weighted by Crippen LogP contribution is 2.11. The van der Waals surface area contributed by atoms with E-state index < -0.39 is 5.97 Å². The molecule has 1 saturated heterocycles. The number of hydrogen-bond donors (Lipinski definition) is 2. The Morgan fingerprint density at radius 1 is 1.45 bits per heavy atom. The number of amides is 1. The number of nitrogens with zero attached hydrogens (tertiary/aromatic N) is 3. The molecule has 1 aliphatic rings. The summed E-state index contributed by atoms with van der Waals surface area (Å²) in [5.41, 5.74) is 1.26. The molecule has 0 aromatic carbocycles. The Morgan fingerprint density at radius 2 is 2.27 bits per heavy atom. The van der Waals surface area contributed by atoms with Crippen LogP contribution >= 0.6 is 0 Å². The summed E-state index contributed by atoms with van der Waals surface area (Å²) in [6.07, 6.45) is 1.82. The molecule has 7 heteroatoms. The largest absolute Gasteiger partial charge is 0.477 e. The number of carboxylic acid groups (broad SMARTS) is 1. The predicted octanol–water partition coefficient (Wildman–Crippen LogP) is 0.395. The molecule has 1 fully saturated rings. The number of hydrogen-bond acceptors (Lipinski definition) is 4. The standard InChI is InChI=1S/C15H18N4O3/c1-10-8-18(6-5-16-10)14(20)7-11-9-19-12(15(21)22)3-2-4-13(19)17-11/h2-4,9-10,16H,5-8H2,1H3,(H,21,22). The van der Waals surface area contributed by atoms with Crippen molar-refractivity contribution in [2.45, 2.75) is 19.4 Å². The van der Waals surface area contributed by atoms with Gasteiger partial charge in [-0.2, -0.15) is 0 Å². The van der Waals surface area contributed by atoms with Gasteiger partial charge in [0.2, 0.25) is 5.91 Å². The first kappa shape index (κ1) is 14.5. The summed E-state index contributed by atoms with van der Waals surface area (Å²) in [5.74, 6) is -0.995. The van der Waals surface area contributed by atoms with Crippen LogP contribution in [0.1, 0.15) is 23.1 Å². The molecule has 7 nitrogen and oxygen atoms in total. The number of piperazine rings is 1. The topological polar surface area (TPSA) is 86.9 Å². The van der Waals surface area contributed by atoms with Crippen molar-refractivity contribution >= 4 is 17.5 Å². The lowest BCUT2D eigenvalue weighted by Crippen LogP contribution is -2.51. The Kier molecular flexibility index (Phi) is 3.81. The van der Waals surface area contributed by atoms with Gasteiger partial charge in [-0.3, -0.25) is 9.20 Å². The molecule has 2 aromatic heterocycles. The highest BCUT2D eigenvalue weighted by Gasteiger charge is 2.21. The number of carbonyl (C=O) groups excluding carboxylic acids is 1. The van der Waals surface area contributed by atoms with Crippen molar-refractivity contribution in [3.63, 3.8) is 0 Å². The average molecular weight is 302 g/mol. The van der Waals surface area contributed by atoms with E-state index in [2.05, 4.69) is 10.3 Å². The third kappa shape index (κ3) is 2.80. The van der Waals surface area contributed by atoms with E-state index in [4.69, 9.17) is 0 Å². The normalized spacial score (nSPS) is 18.6. The van der Waals surface area contributed by atoms with Crippen molar-refractivity contribution in [2.24, 2.45) is 0 Å². The van der Waals surface area contributed by atoms with Gasteiger partial charge in [-0.15, -0.1) is 0 Å². The highest BCUT2D eigenvalue weighted by atomic mass is 16.4. The number of carboxylic acids is 1. The van der Waals surface area contributed by atoms with E-state index in [9.17, 15) is 14.7 Å². The number of carbonyl (C=O) groups is 2. The van der Waals surface area contributed by atoms with Crippen LogP contribution in [0.3, 0.4) is 0 Å². The number of imidazole rings is 1. The molecular formula is C15H18N4O3. The number of aromatic nitrogens is 2. The Balaban J connectivity index is 1.80. The number of pyridine rings is 1. The van der Waals surface area contributed by atoms with Crippen LogP contribution in [0.2, 0.25) is 0 Å². The lowest BCUT2D eigenvalue weighted by molar-refractivity contribution is -0.131. The van der Waals surface area contributed by atoms with Gasteiger partial charge in [0.1, 0.15) is 11.3 Å². The smallest absolute Gasteiger partial charge is 0.352 e. The molecule has 0 radical (unpaired) electrons. The number of nitrogens with one attached hydrogen (secondary N) is 1. The van der Waals surface area contributed by atoms with E-state index in [0.717, 1.165) is 6.54 Å². The van der Waals surface area contributed by atoms with Crippen molar-refractivity contribution in [1.29, 1.82) is 0 Å². The highest BCUT2D eigenvalue weighted by molar-refractivity contribution is 5.86. The minimum absolute atomic E-state index is 0.0219. The Morgan fingerprint density at radius 3 is 3.00 bits per heavy atom. The summed E-state index contributed by atoms with van der Waals surface area (Å²) < 4.78 is 1.51. The van der Waals surface area contributed by atoms with Crippen LogP contribution in [0.4, 0.5) is 0 Å². The Bertz CT molecular complexity index is 725. The lowest BCUT2D eigenvalue weighted by atomic mass is 10.2. The number of rotatable bonds is 3. The van der Waals surface area contributed by atoms with E-state index in [1.165, 1.54) is 10.5 Å². The van der Waals surface area contributed by atoms with Gasteiger partial charge in [-0.05, 0) is 19.1 Å². The summed E-state index contributed by atoms with van der Waals surface area (Å²) >= 11 is 0. The zero-order valence-corrected chi connectivity index (χ0v) is 12.3. The third-order valence-electron chi connectivity index (χ3n) is 3.81. The second-order valence-electron chi connectivity index (χ2n) is 5.55. The first-order chi connectivity index (χ1) is 10.5. The van der Waals surface area contributed by atoms with Gasteiger partial charge in [0.25, 0.3) is 0 Å². The quantitative estimate of drug-likeness (QED) is 0.857. The van der Waals surface area contributed by atoms with Crippen molar-refractivity contribution in [1.82, 2.24) is 19.6 Å². The minimum Gasteiger partial charge on any atom is -0.477 e. The fraction of sp³-hybridized carbons (Fsp3) is 0.400. The monoisotopic (exact) mass is 302 g/mol. The van der Waals surface area contributed by atoms with Crippen molar-refractivity contribution in [3.8, 4) is 0 Å². The first-order valence-electron chi connectivity index (χ1n) is 7.26. The molecule has 0 spiro atoms. The molecule has 1 unspecified atom stereocenters. The van der Waals surface area contributed by atoms with Crippen LogP contribution in [-0.2, 0) is 11.2 Å². The zero-order chi connectivity index (χ0) is 15.7. The van der Waals surface area contributed by atoms with Crippen LogP contribution in [0.25, 0.3) is 5.65 Å². The van der Waals surface area contributed by atoms with Gasteiger partial charge in [0.05, 0.1) is 12.1 Å². The molecule has 2 N–H and O–H groups in total. The lowest BCUT2D eigenvalue weighted by Gasteiger charge is -2.31. The van der Waals surface area contributed by atoms with Crippen molar-refractivity contribution in [2.75, 3.05) is 19.6 Å². The van der Waals surface area contributed by atoms with Gasteiger partial charge in [0, 0.05) is 31.9 Å². The average Bonchev–Trinajstić information content (AvgIpc) is 2.89. The van der Waals surface area contributed by atoms with Crippen molar-refractivity contribution < 1.29 is 14.7 Å². The van der Waals surface area contributed by atoms with Gasteiger partial charge >= 0.3 is 5.97 Å². The SMILES string of the molecule is CC1CN(C(=O)Cc2cn3c(C(=O)O)cccc3n2)CCN1. The summed E-state index contributed by atoms with van der Waals surface area (Å²) in [7, 11) is 0. The van der Waals surface area contributed by atoms with Crippen LogP contribution < -0.4 is 5.32 Å². The molecule has 3 rings (SSSR count). The van der Waals surface area contributed by atoms with Gasteiger partial charge in [-0.25, -0.2) is 9.78 Å². The molecule has 1 amide bonds. The maximum absolute atomic E-state index is 12.3. The maximum atomic E-state index is 12.3. The van der Waals surface area contributed by atoms with Gasteiger partial charge in [-0.1, -0.05) is 6.07 Å². The van der Waals surface area contributed by atoms with Crippen LogP contribution in [0.15, 0.2) is 24.4 Å². The summed E-state index contributed by atoms with van der Waals surface area (Å²) in [6.45, 7) is 4.22. The summed E-state index contributed by atoms with van der Waals surface area (Å²) in [5, 5.41) is 12.5. The van der Waals surface area contributed by atoms with Crippen LogP contribution in [-0.4, -0.2) is 56.9 Å². The summed E-state index contributed by atoms with van der Waals surface area (Å²) in [6, 6.07) is 5.18. The molecule has 1 atom stereocenters. The van der Waals surface area contributed by atoms with Crippen LogP contribution in [0.5, 0.6) is 0 Å². The fourth-order valence-corrected chi connectivity index (χ4v) is 2.75. The molecule has 0 aliphatic carbocycles. The Labute approximate surface area is 127 Å². The van der Waals surface area contributed by atoms with Gasteiger partial charge in [0.15, 0.2) is 0 Å². The number of aromatic carboxylic acids is 1. The van der Waals surface area contributed by atoms with E-state index >= 15 is 0 Å². The van der Waals surface area contributed by atoms with E-state index in [-0.39, 0.29) is 24.1 Å². The van der Waals surface area contributed by atoms with E-state index in [1.54, 1.807) is 18.3 Å². The minimum atomic E-state index is -1.02. The molecule has 116 valence electrons. The molecule has 1 aliphatic heterocycles. The zero-order valence-electron chi connectivity index (χ0n) is 12.3. The summed E-state index contributed by atoms with van der Waals surface area (Å²) in [4.78, 5) is 29.7. The van der Waals surface area contributed by atoms with E-state index in [1.807, 2.05) is 11.8 Å². The molecule has 0 bridgehead atoms.